The summed E-state index contributed by atoms with van der Waals surface area (Å²) in [6.45, 7) is 0.965. The number of methoxy groups -OCH3 is 1. The van der Waals surface area contributed by atoms with Crippen LogP contribution in [-0.4, -0.2) is 17.1 Å². The fraction of sp³-hybridized carbons (Fsp3) is 1.00. The average Bonchev–Trinajstić information content (AvgIpc) is 1.75. The Morgan fingerprint density at radius 1 is 1.40 bits per heavy atom. The highest BCUT2D eigenvalue weighted by molar-refractivity contribution is 14.1. The minimum absolute atomic E-state index is 0.742. The summed E-state index contributed by atoms with van der Waals surface area (Å²) in [4.78, 5) is 0. The minimum atomic E-state index is 0.742. The molecule has 0 saturated heterocycles. The molecule has 3 fully saturated rings. The zero-order valence-electron chi connectivity index (χ0n) is 6.32. The van der Waals surface area contributed by atoms with Gasteiger partial charge >= 0.3 is 0 Å². The monoisotopic (exact) mass is 252 g/mol. The molecule has 1 nitrogen and oxygen atoms in total. The van der Waals surface area contributed by atoms with Gasteiger partial charge in [-0.1, -0.05) is 22.6 Å². The number of ether oxygens (including phenoxy) is 1. The van der Waals surface area contributed by atoms with Gasteiger partial charge in [-0.25, -0.2) is 0 Å². The lowest BCUT2D eigenvalue weighted by atomic mass is 9.43. The maximum atomic E-state index is 5.07. The van der Waals surface area contributed by atoms with Gasteiger partial charge < -0.3 is 4.74 Å². The second kappa shape index (κ2) is 2.09. The Morgan fingerprint density at radius 2 is 2.00 bits per heavy atom. The van der Waals surface area contributed by atoms with E-state index < -0.39 is 0 Å². The van der Waals surface area contributed by atoms with E-state index >= 15 is 0 Å². The smallest absolute Gasteiger partial charge is 0.0467 e. The van der Waals surface area contributed by atoms with Crippen molar-refractivity contribution in [3.63, 3.8) is 0 Å². The number of hydrogen-bond donors (Lipinski definition) is 0. The van der Waals surface area contributed by atoms with Crippen LogP contribution in [-0.2, 0) is 4.74 Å². The van der Waals surface area contributed by atoms with Gasteiger partial charge in [0, 0.05) is 17.1 Å². The van der Waals surface area contributed by atoms with E-state index in [1.165, 1.54) is 25.7 Å². The molecule has 2 bridgehead atoms. The second-order valence-electron chi connectivity index (χ2n) is 3.92. The molecule has 0 aromatic rings. The fourth-order valence-electron chi connectivity index (χ4n) is 2.44. The van der Waals surface area contributed by atoms with E-state index in [0.717, 1.165) is 15.4 Å². The van der Waals surface area contributed by atoms with Crippen molar-refractivity contribution in [2.24, 2.45) is 5.41 Å². The number of rotatable bonds is 3. The Morgan fingerprint density at radius 3 is 2.40 bits per heavy atom. The van der Waals surface area contributed by atoms with Gasteiger partial charge in [-0.05, 0) is 31.1 Å². The molecule has 0 aliphatic heterocycles. The Labute approximate surface area is 75.7 Å². The molecule has 0 amide bonds. The van der Waals surface area contributed by atoms with Crippen LogP contribution in [0.4, 0.5) is 0 Å². The quantitative estimate of drug-likeness (QED) is 0.553. The molecule has 3 saturated carbocycles. The summed E-state index contributed by atoms with van der Waals surface area (Å²) < 4.78 is 5.81. The van der Waals surface area contributed by atoms with Crippen molar-refractivity contribution in [1.29, 1.82) is 0 Å². The molecule has 3 aliphatic rings. The van der Waals surface area contributed by atoms with Crippen molar-refractivity contribution < 1.29 is 4.74 Å². The van der Waals surface area contributed by atoms with Gasteiger partial charge in [0.15, 0.2) is 0 Å². The van der Waals surface area contributed by atoms with Crippen LogP contribution < -0.4 is 0 Å². The molecule has 0 heterocycles. The molecule has 3 rings (SSSR count). The van der Waals surface area contributed by atoms with Gasteiger partial charge in [-0.2, -0.15) is 0 Å². The summed E-state index contributed by atoms with van der Waals surface area (Å²) in [7, 11) is 1.80. The van der Waals surface area contributed by atoms with Crippen LogP contribution in [0.15, 0.2) is 0 Å². The van der Waals surface area contributed by atoms with Gasteiger partial charge in [0.05, 0.1) is 0 Å². The predicted molar refractivity (Wildman–Crippen MR) is 49.5 cm³/mol. The zero-order chi connectivity index (χ0) is 7.24. The number of halogens is 1. The van der Waals surface area contributed by atoms with Crippen molar-refractivity contribution in [3.05, 3.63) is 0 Å². The largest absolute Gasteiger partial charge is 0.385 e. The van der Waals surface area contributed by atoms with Gasteiger partial charge in [-0.15, -0.1) is 0 Å². The Kier molecular flexibility index (Phi) is 1.54. The summed E-state index contributed by atoms with van der Waals surface area (Å²) >= 11 is 2.61. The van der Waals surface area contributed by atoms with E-state index in [1.54, 1.807) is 7.11 Å². The lowest BCUT2D eigenvalue weighted by Gasteiger charge is -2.68. The first-order valence-electron chi connectivity index (χ1n) is 3.86. The van der Waals surface area contributed by atoms with Crippen LogP contribution in [0.25, 0.3) is 0 Å². The van der Waals surface area contributed by atoms with E-state index in [1.807, 2.05) is 0 Å². The minimum Gasteiger partial charge on any atom is -0.385 e. The summed E-state index contributed by atoms with van der Waals surface area (Å²) in [5.74, 6) is 0. The highest BCUT2D eigenvalue weighted by Crippen LogP contribution is 2.73. The van der Waals surface area contributed by atoms with Crippen molar-refractivity contribution >= 4 is 22.6 Å². The van der Waals surface area contributed by atoms with Crippen LogP contribution in [0.1, 0.15) is 25.7 Å². The molecule has 0 aromatic heterocycles. The zero-order valence-corrected chi connectivity index (χ0v) is 8.48. The third-order valence-corrected chi connectivity index (χ3v) is 4.06. The number of hydrogen-bond acceptors (Lipinski definition) is 1. The standard InChI is InChI=1S/C8H13IO/c1-10-3-2-7-4-8(9,5-7)6-7/h2-6H2,1H3. The molecular formula is C8H13IO. The lowest BCUT2D eigenvalue weighted by molar-refractivity contribution is -0.0822. The molecule has 58 valence electrons. The Hall–Kier alpha value is 0.690. The van der Waals surface area contributed by atoms with E-state index in [-0.39, 0.29) is 0 Å². The third-order valence-electron chi connectivity index (χ3n) is 2.91. The van der Waals surface area contributed by atoms with Gasteiger partial charge in [0.2, 0.25) is 0 Å². The molecule has 10 heavy (non-hydrogen) atoms. The predicted octanol–water partition coefficient (Wildman–Crippen LogP) is 2.38. The molecule has 0 aromatic carbocycles. The maximum Gasteiger partial charge on any atom is 0.0467 e. The first-order chi connectivity index (χ1) is 4.68. The van der Waals surface area contributed by atoms with Crippen LogP contribution in [0.5, 0.6) is 0 Å². The summed E-state index contributed by atoms with van der Waals surface area (Å²) in [5, 5.41) is 0. The molecule has 0 radical (unpaired) electrons. The lowest BCUT2D eigenvalue weighted by Crippen LogP contribution is -2.63. The molecule has 0 N–H and O–H groups in total. The van der Waals surface area contributed by atoms with E-state index in [4.69, 9.17) is 4.74 Å². The molecule has 3 aliphatic carbocycles. The van der Waals surface area contributed by atoms with Gasteiger partial charge in [-0.3, -0.25) is 0 Å². The summed E-state index contributed by atoms with van der Waals surface area (Å²) in [6.07, 6.45) is 5.69. The molecular weight excluding hydrogens is 239 g/mol. The van der Waals surface area contributed by atoms with Crippen molar-refractivity contribution in [3.8, 4) is 0 Å². The van der Waals surface area contributed by atoms with E-state index in [9.17, 15) is 0 Å². The molecule has 0 atom stereocenters. The van der Waals surface area contributed by atoms with Crippen molar-refractivity contribution in [2.75, 3.05) is 13.7 Å². The molecule has 0 unspecified atom stereocenters. The van der Waals surface area contributed by atoms with Crippen molar-refractivity contribution in [2.45, 2.75) is 29.1 Å². The highest BCUT2D eigenvalue weighted by atomic mass is 127. The second-order valence-corrected chi connectivity index (χ2v) is 6.21. The summed E-state index contributed by atoms with van der Waals surface area (Å²) in [6, 6.07) is 0. The van der Waals surface area contributed by atoms with Gasteiger partial charge in [0.25, 0.3) is 0 Å². The van der Waals surface area contributed by atoms with E-state index in [0.29, 0.717) is 0 Å². The normalized spacial score (nSPS) is 49.8. The average molecular weight is 252 g/mol. The van der Waals surface area contributed by atoms with E-state index in [2.05, 4.69) is 22.6 Å². The Balaban J connectivity index is 1.77. The first kappa shape index (κ1) is 7.35. The number of alkyl halides is 1. The van der Waals surface area contributed by atoms with Crippen LogP contribution in [0.2, 0.25) is 0 Å². The molecule has 0 spiro atoms. The highest BCUT2D eigenvalue weighted by Gasteiger charge is 2.65. The molecule has 2 heteroatoms. The van der Waals surface area contributed by atoms with Crippen molar-refractivity contribution in [1.82, 2.24) is 0 Å². The van der Waals surface area contributed by atoms with Crippen LogP contribution in [0.3, 0.4) is 0 Å². The summed E-state index contributed by atoms with van der Waals surface area (Å²) in [5.41, 5.74) is 0.747. The fourth-order valence-corrected chi connectivity index (χ4v) is 4.87. The Bertz CT molecular complexity index is 136. The maximum absolute atomic E-state index is 5.07. The van der Waals surface area contributed by atoms with Gasteiger partial charge in [0.1, 0.15) is 0 Å². The third kappa shape index (κ3) is 0.916. The topological polar surface area (TPSA) is 9.23 Å². The van der Waals surface area contributed by atoms with Crippen LogP contribution >= 0.6 is 22.6 Å². The van der Waals surface area contributed by atoms with Crippen LogP contribution in [0, 0.1) is 5.41 Å². The first-order valence-corrected chi connectivity index (χ1v) is 4.94. The SMILES string of the molecule is COCCC12CC(I)(C1)C2.